The minimum atomic E-state index is 0.253. The molecule has 1 atom stereocenters. The molecule has 1 aliphatic heterocycles. The van der Waals surface area contributed by atoms with Crippen molar-refractivity contribution in [2.45, 2.75) is 45.2 Å². The van der Waals surface area contributed by atoms with Crippen LogP contribution in [-0.4, -0.2) is 21.3 Å². The maximum atomic E-state index is 5.71. The number of rotatable bonds is 6. The summed E-state index contributed by atoms with van der Waals surface area (Å²) in [7, 11) is 0. The van der Waals surface area contributed by atoms with Gasteiger partial charge in [0.15, 0.2) is 0 Å². The SMILES string of the molecule is CCCn1cc(C(CC2CCSCC2)NN)cn1. The van der Waals surface area contributed by atoms with Gasteiger partial charge < -0.3 is 0 Å². The predicted octanol–water partition coefficient (Wildman–Crippen LogP) is 2.33. The van der Waals surface area contributed by atoms with Crippen molar-refractivity contribution in [2.75, 3.05) is 11.5 Å². The van der Waals surface area contributed by atoms with Gasteiger partial charge in [-0.2, -0.15) is 16.9 Å². The third-order valence-corrected chi connectivity index (χ3v) is 4.67. The standard InChI is InChI=1S/C13H24N4S/c1-2-5-17-10-12(9-15-17)13(16-14)8-11-3-6-18-7-4-11/h9-11,13,16H,2-8,14H2,1H3. The maximum Gasteiger partial charge on any atom is 0.0538 e. The summed E-state index contributed by atoms with van der Waals surface area (Å²) in [4.78, 5) is 0. The Kier molecular flexibility index (Phi) is 5.53. The number of nitrogens with one attached hydrogen (secondary N) is 1. The van der Waals surface area contributed by atoms with Gasteiger partial charge in [0, 0.05) is 24.3 Å². The van der Waals surface area contributed by atoms with Crippen molar-refractivity contribution in [1.82, 2.24) is 15.2 Å². The summed E-state index contributed by atoms with van der Waals surface area (Å²) in [6.45, 7) is 3.15. The van der Waals surface area contributed by atoms with Gasteiger partial charge in [-0.15, -0.1) is 0 Å². The molecule has 1 fully saturated rings. The van der Waals surface area contributed by atoms with E-state index in [-0.39, 0.29) is 6.04 Å². The first-order valence-corrected chi connectivity index (χ1v) is 8.05. The fourth-order valence-corrected chi connectivity index (χ4v) is 3.73. The van der Waals surface area contributed by atoms with Crippen molar-refractivity contribution in [3.05, 3.63) is 18.0 Å². The molecule has 5 heteroatoms. The van der Waals surface area contributed by atoms with Gasteiger partial charge in [-0.25, -0.2) is 0 Å². The zero-order valence-corrected chi connectivity index (χ0v) is 12.0. The second kappa shape index (κ2) is 7.16. The lowest BCUT2D eigenvalue weighted by Gasteiger charge is -2.25. The molecule has 18 heavy (non-hydrogen) atoms. The van der Waals surface area contributed by atoms with Crippen molar-refractivity contribution in [2.24, 2.45) is 11.8 Å². The second-order valence-corrected chi connectivity index (χ2v) is 6.27. The van der Waals surface area contributed by atoms with Crippen LogP contribution in [0.15, 0.2) is 12.4 Å². The molecule has 0 saturated carbocycles. The first-order valence-electron chi connectivity index (χ1n) is 6.89. The van der Waals surface area contributed by atoms with Gasteiger partial charge >= 0.3 is 0 Å². The number of aromatic nitrogens is 2. The van der Waals surface area contributed by atoms with Crippen LogP contribution in [0.3, 0.4) is 0 Å². The van der Waals surface area contributed by atoms with Crippen LogP contribution in [0, 0.1) is 5.92 Å². The zero-order chi connectivity index (χ0) is 12.8. The summed E-state index contributed by atoms with van der Waals surface area (Å²) in [5.41, 5.74) is 4.19. The van der Waals surface area contributed by atoms with Gasteiger partial charge in [-0.05, 0) is 43.1 Å². The summed E-state index contributed by atoms with van der Waals surface area (Å²) in [5, 5.41) is 4.38. The topological polar surface area (TPSA) is 55.9 Å². The number of hydrogen-bond acceptors (Lipinski definition) is 4. The van der Waals surface area contributed by atoms with Gasteiger partial charge in [-0.1, -0.05) is 6.92 Å². The quantitative estimate of drug-likeness (QED) is 0.614. The summed E-state index contributed by atoms with van der Waals surface area (Å²) < 4.78 is 2.01. The average Bonchev–Trinajstić information content (AvgIpc) is 2.86. The van der Waals surface area contributed by atoms with Gasteiger partial charge in [0.1, 0.15) is 0 Å². The van der Waals surface area contributed by atoms with Gasteiger partial charge in [0.05, 0.1) is 6.20 Å². The Morgan fingerprint density at radius 3 is 3.00 bits per heavy atom. The molecule has 1 aromatic heterocycles. The predicted molar refractivity (Wildman–Crippen MR) is 77.2 cm³/mol. The van der Waals surface area contributed by atoms with E-state index in [1.54, 1.807) is 0 Å². The molecule has 1 aliphatic rings. The van der Waals surface area contributed by atoms with Crippen LogP contribution in [0.4, 0.5) is 0 Å². The monoisotopic (exact) mass is 268 g/mol. The van der Waals surface area contributed by atoms with Gasteiger partial charge in [-0.3, -0.25) is 16.0 Å². The van der Waals surface area contributed by atoms with Crippen LogP contribution in [0.5, 0.6) is 0 Å². The molecule has 1 unspecified atom stereocenters. The number of nitrogens with zero attached hydrogens (tertiary/aromatic N) is 2. The molecule has 4 nitrogen and oxygen atoms in total. The van der Waals surface area contributed by atoms with Crippen molar-refractivity contribution in [3.8, 4) is 0 Å². The van der Waals surface area contributed by atoms with E-state index in [9.17, 15) is 0 Å². The normalized spacial score (nSPS) is 19.0. The van der Waals surface area contributed by atoms with Crippen LogP contribution in [0.2, 0.25) is 0 Å². The molecule has 0 radical (unpaired) electrons. The fourth-order valence-electron chi connectivity index (χ4n) is 2.53. The fraction of sp³-hybridized carbons (Fsp3) is 0.769. The molecule has 0 bridgehead atoms. The van der Waals surface area contributed by atoms with Crippen LogP contribution in [0.1, 0.15) is 44.2 Å². The Morgan fingerprint density at radius 2 is 2.33 bits per heavy atom. The first-order chi connectivity index (χ1) is 8.83. The molecule has 0 aliphatic carbocycles. The summed E-state index contributed by atoms with van der Waals surface area (Å²) in [6.07, 6.45) is 8.98. The van der Waals surface area contributed by atoms with E-state index in [0.717, 1.165) is 25.3 Å². The van der Waals surface area contributed by atoms with E-state index in [4.69, 9.17) is 5.84 Å². The summed E-state index contributed by atoms with van der Waals surface area (Å²) in [5.74, 6) is 9.13. The van der Waals surface area contributed by atoms with Crippen molar-refractivity contribution in [3.63, 3.8) is 0 Å². The molecule has 2 rings (SSSR count). The van der Waals surface area contributed by atoms with Crippen LogP contribution in [-0.2, 0) is 6.54 Å². The van der Waals surface area contributed by atoms with E-state index in [0.29, 0.717) is 0 Å². The third-order valence-electron chi connectivity index (χ3n) is 3.62. The number of aryl methyl sites for hydroxylation is 1. The van der Waals surface area contributed by atoms with Crippen LogP contribution in [0.25, 0.3) is 0 Å². The maximum absolute atomic E-state index is 5.71. The third kappa shape index (κ3) is 3.73. The van der Waals surface area contributed by atoms with Crippen molar-refractivity contribution in [1.29, 1.82) is 0 Å². The lowest BCUT2D eigenvalue weighted by atomic mass is 9.92. The molecular weight excluding hydrogens is 244 g/mol. The number of thioether (sulfide) groups is 1. The van der Waals surface area contributed by atoms with E-state index >= 15 is 0 Å². The Bertz CT molecular complexity index is 347. The Balaban J connectivity index is 1.93. The lowest BCUT2D eigenvalue weighted by molar-refractivity contribution is 0.373. The highest BCUT2D eigenvalue weighted by atomic mass is 32.2. The van der Waals surface area contributed by atoms with E-state index in [2.05, 4.69) is 35.4 Å². The highest BCUT2D eigenvalue weighted by molar-refractivity contribution is 7.99. The van der Waals surface area contributed by atoms with Crippen LogP contribution >= 0.6 is 11.8 Å². The zero-order valence-electron chi connectivity index (χ0n) is 11.1. The Hall–Kier alpha value is -0.520. The molecule has 3 N–H and O–H groups in total. The molecule has 0 spiro atoms. The molecule has 2 heterocycles. The average molecular weight is 268 g/mol. The molecule has 102 valence electrons. The number of hydrogen-bond donors (Lipinski definition) is 2. The Morgan fingerprint density at radius 1 is 1.56 bits per heavy atom. The Labute approximate surface area is 114 Å². The first kappa shape index (κ1) is 13.9. The van der Waals surface area contributed by atoms with Gasteiger partial charge in [0.25, 0.3) is 0 Å². The summed E-state index contributed by atoms with van der Waals surface area (Å²) >= 11 is 2.07. The largest absolute Gasteiger partial charge is 0.272 e. The second-order valence-electron chi connectivity index (χ2n) is 5.05. The van der Waals surface area contributed by atoms with Crippen molar-refractivity contribution < 1.29 is 0 Å². The van der Waals surface area contributed by atoms with Gasteiger partial charge in [0.2, 0.25) is 0 Å². The van der Waals surface area contributed by atoms with Crippen molar-refractivity contribution >= 4 is 11.8 Å². The van der Waals surface area contributed by atoms with E-state index in [1.807, 2.05) is 10.9 Å². The molecule has 1 saturated heterocycles. The lowest BCUT2D eigenvalue weighted by Crippen LogP contribution is -2.30. The van der Waals surface area contributed by atoms with Crippen LogP contribution < -0.4 is 11.3 Å². The molecular formula is C13H24N4S. The minimum Gasteiger partial charge on any atom is -0.272 e. The highest BCUT2D eigenvalue weighted by Crippen LogP contribution is 2.30. The minimum absolute atomic E-state index is 0.253. The molecule has 1 aromatic rings. The van der Waals surface area contributed by atoms with E-state index in [1.165, 1.54) is 29.9 Å². The molecule has 0 aromatic carbocycles. The molecule has 0 amide bonds. The summed E-state index contributed by atoms with van der Waals surface area (Å²) in [6, 6.07) is 0.253. The highest BCUT2D eigenvalue weighted by Gasteiger charge is 2.20. The number of hydrazine groups is 1. The van der Waals surface area contributed by atoms with E-state index < -0.39 is 0 Å². The smallest absolute Gasteiger partial charge is 0.0538 e. The number of nitrogens with two attached hydrogens (primary N) is 1.